The van der Waals surface area contributed by atoms with Gasteiger partial charge in [-0.05, 0) is 38.9 Å². The van der Waals surface area contributed by atoms with E-state index in [9.17, 15) is 0 Å². The Bertz CT molecular complexity index is 189. The highest BCUT2D eigenvalue weighted by Gasteiger charge is 2.23. The van der Waals surface area contributed by atoms with Gasteiger partial charge in [0.2, 0.25) is 0 Å². The van der Waals surface area contributed by atoms with E-state index in [1.54, 1.807) is 7.11 Å². The van der Waals surface area contributed by atoms with Gasteiger partial charge in [0.1, 0.15) is 0 Å². The van der Waals surface area contributed by atoms with Crippen LogP contribution in [-0.2, 0) is 4.74 Å². The average molecular weight is 244 g/mol. The second-order valence-electron chi connectivity index (χ2n) is 5.93. The van der Waals surface area contributed by atoms with Crippen molar-refractivity contribution in [3.05, 3.63) is 0 Å². The van der Waals surface area contributed by atoms with Crippen molar-refractivity contribution in [3.63, 3.8) is 0 Å². The smallest absolute Gasteiger partial charge is 0.0615 e. The van der Waals surface area contributed by atoms with Crippen LogP contribution in [0, 0.1) is 5.41 Å². The van der Waals surface area contributed by atoms with Crippen LogP contribution in [-0.4, -0.2) is 50.8 Å². The van der Waals surface area contributed by atoms with E-state index in [1.807, 2.05) is 0 Å². The monoisotopic (exact) mass is 244 g/mol. The second kappa shape index (κ2) is 8.06. The third-order valence-electron chi connectivity index (χ3n) is 3.54. The topological polar surface area (TPSA) is 24.5 Å². The number of hydrogen-bond donors (Lipinski definition) is 1. The Kier molecular flexibility index (Phi) is 8.01. The van der Waals surface area contributed by atoms with Crippen molar-refractivity contribution >= 4 is 0 Å². The summed E-state index contributed by atoms with van der Waals surface area (Å²) in [7, 11) is 3.83. The van der Waals surface area contributed by atoms with Gasteiger partial charge in [0.05, 0.1) is 6.61 Å². The molecule has 0 aliphatic rings. The van der Waals surface area contributed by atoms with Crippen molar-refractivity contribution < 1.29 is 4.74 Å². The zero-order chi connectivity index (χ0) is 13.5. The third kappa shape index (κ3) is 6.39. The minimum atomic E-state index is 0.318. The van der Waals surface area contributed by atoms with Crippen LogP contribution in [0.2, 0.25) is 0 Å². The Morgan fingerprint density at radius 3 is 2.24 bits per heavy atom. The number of rotatable bonds is 8. The Labute approximate surface area is 108 Å². The van der Waals surface area contributed by atoms with Gasteiger partial charge < -0.3 is 10.1 Å². The first-order valence-corrected chi connectivity index (χ1v) is 6.77. The van der Waals surface area contributed by atoms with E-state index in [1.165, 1.54) is 6.42 Å². The molecule has 3 nitrogen and oxygen atoms in total. The van der Waals surface area contributed by atoms with Crippen LogP contribution >= 0.6 is 0 Å². The standard InChI is InChI=1S/C14H32N2O/c1-8-16(12(2)11-17-7)10-9-13(15-6)14(3,4)5/h12-13,15H,8-11H2,1-7H3. The highest BCUT2D eigenvalue weighted by atomic mass is 16.5. The Balaban J connectivity index is 4.21. The zero-order valence-electron chi connectivity index (χ0n) is 12.8. The third-order valence-corrected chi connectivity index (χ3v) is 3.54. The molecule has 0 bridgehead atoms. The molecule has 0 amide bonds. The summed E-state index contributed by atoms with van der Waals surface area (Å²) in [5.74, 6) is 0. The molecule has 0 aliphatic carbocycles. The maximum Gasteiger partial charge on any atom is 0.0615 e. The van der Waals surface area contributed by atoms with E-state index in [-0.39, 0.29) is 0 Å². The van der Waals surface area contributed by atoms with E-state index in [0.29, 0.717) is 17.5 Å². The first-order valence-electron chi connectivity index (χ1n) is 6.77. The fourth-order valence-corrected chi connectivity index (χ4v) is 2.34. The van der Waals surface area contributed by atoms with Gasteiger partial charge in [0.25, 0.3) is 0 Å². The maximum atomic E-state index is 5.23. The lowest BCUT2D eigenvalue weighted by atomic mass is 9.85. The van der Waals surface area contributed by atoms with Gasteiger partial charge in [-0.25, -0.2) is 0 Å². The average Bonchev–Trinajstić information content (AvgIpc) is 2.23. The molecule has 0 heterocycles. The molecule has 0 saturated carbocycles. The number of hydrogen-bond acceptors (Lipinski definition) is 3. The van der Waals surface area contributed by atoms with Gasteiger partial charge in [-0.2, -0.15) is 0 Å². The summed E-state index contributed by atoms with van der Waals surface area (Å²) in [6.45, 7) is 14.4. The first kappa shape index (κ1) is 16.9. The summed E-state index contributed by atoms with van der Waals surface area (Å²) < 4.78 is 5.23. The fraction of sp³-hybridized carbons (Fsp3) is 1.00. The first-order chi connectivity index (χ1) is 7.86. The lowest BCUT2D eigenvalue weighted by molar-refractivity contribution is 0.0955. The van der Waals surface area contributed by atoms with E-state index in [0.717, 1.165) is 19.7 Å². The van der Waals surface area contributed by atoms with E-state index in [4.69, 9.17) is 4.74 Å². The Hall–Kier alpha value is -0.120. The zero-order valence-corrected chi connectivity index (χ0v) is 12.8. The van der Waals surface area contributed by atoms with Crippen molar-refractivity contribution in [2.24, 2.45) is 5.41 Å². The summed E-state index contributed by atoms with van der Waals surface area (Å²) in [6.07, 6.45) is 1.18. The molecule has 0 spiro atoms. The minimum Gasteiger partial charge on any atom is -0.383 e. The van der Waals surface area contributed by atoms with Gasteiger partial charge in [-0.1, -0.05) is 27.7 Å². The molecule has 2 atom stereocenters. The normalized spacial score (nSPS) is 16.2. The fourth-order valence-electron chi connectivity index (χ4n) is 2.34. The minimum absolute atomic E-state index is 0.318. The van der Waals surface area contributed by atoms with Gasteiger partial charge >= 0.3 is 0 Å². The summed E-state index contributed by atoms with van der Waals surface area (Å²) in [4.78, 5) is 2.49. The van der Waals surface area contributed by atoms with Crippen LogP contribution in [0.1, 0.15) is 41.0 Å². The van der Waals surface area contributed by atoms with Crippen molar-refractivity contribution in [2.75, 3.05) is 33.9 Å². The number of nitrogens with zero attached hydrogens (tertiary/aromatic N) is 1. The molecular formula is C14H32N2O. The van der Waals surface area contributed by atoms with Crippen LogP contribution in [0.4, 0.5) is 0 Å². The lowest BCUT2D eigenvalue weighted by Crippen LogP contribution is -2.43. The molecule has 17 heavy (non-hydrogen) atoms. The molecule has 0 fully saturated rings. The quantitative estimate of drug-likeness (QED) is 0.709. The molecule has 0 aromatic heterocycles. The molecule has 104 valence electrons. The molecule has 0 rings (SSSR count). The van der Waals surface area contributed by atoms with Gasteiger partial charge in [0.15, 0.2) is 0 Å². The molecule has 0 aromatic rings. The predicted molar refractivity (Wildman–Crippen MR) is 75.5 cm³/mol. The molecule has 0 aromatic carbocycles. The van der Waals surface area contributed by atoms with Crippen LogP contribution in [0.3, 0.4) is 0 Å². The van der Waals surface area contributed by atoms with Crippen molar-refractivity contribution in [2.45, 2.75) is 53.1 Å². The second-order valence-corrected chi connectivity index (χ2v) is 5.93. The van der Waals surface area contributed by atoms with Crippen LogP contribution < -0.4 is 5.32 Å². The molecule has 1 N–H and O–H groups in total. The number of ether oxygens (including phenoxy) is 1. The van der Waals surface area contributed by atoms with Gasteiger partial charge in [-0.3, -0.25) is 4.90 Å². The molecule has 0 saturated heterocycles. The summed E-state index contributed by atoms with van der Waals surface area (Å²) in [6, 6.07) is 1.06. The van der Waals surface area contributed by atoms with Gasteiger partial charge in [0, 0.05) is 19.2 Å². The Morgan fingerprint density at radius 2 is 1.88 bits per heavy atom. The highest BCUT2D eigenvalue weighted by molar-refractivity contribution is 4.80. The predicted octanol–water partition coefficient (Wildman–Crippen LogP) is 2.37. The van der Waals surface area contributed by atoms with E-state index < -0.39 is 0 Å². The summed E-state index contributed by atoms with van der Waals surface area (Å²) >= 11 is 0. The highest BCUT2D eigenvalue weighted by Crippen LogP contribution is 2.21. The van der Waals surface area contributed by atoms with Gasteiger partial charge in [-0.15, -0.1) is 0 Å². The number of likely N-dealkylation sites (N-methyl/N-ethyl adjacent to an activating group) is 1. The maximum absolute atomic E-state index is 5.23. The van der Waals surface area contributed by atoms with Crippen molar-refractivity contribution in [1.82, 2.24) is 10.2 Å². The van der Waals surface area contributed by atoms with Crippen LogP contribution in [0.15, 0.2) is 0 Å². The number of nitrogens with one attached hydrogen (secondary N) is 1. The number of methoxy groups -OCH3 is 1. The summed E-state index contributed by atoms with van der Waals surface area (Å²) in [5.41, 5.74) is 0.318. The Morgan fingerprint density at radius 1 is 1.29 bits per heavy atom. The van der Waals surface area contributed by atoms with Crippen LogP contribution in [0.5, 0.6) is 0 Å². The van der Waals surface area contributed by atoms with Crippen LogP contribution in [0.25, 0.3) is 0 Å². The van der Waals surface area contributed by atoms with Crippen molar-refractivity contribution in [1.29, 1.82) is 0 Å². The SMILES string of the molecule is CCN(CCC(NC)C(C)(C)C)C(C)COC. The van der Waals surface area contributed by atoms with E-state index in [2.05, 4.69) is 51.9 Å². The molecule has 0 aliphatic heterocycles. The molecule has 3 heteroatoms. The molecule has 0 radical (unpaired) electrons. The molecular weight excluding hydrogens is 212 g/mol. The molecule has 2 unspecified atom stereocenters. The lowest BCUT2D eigenvalue weighted by Gasteiger charge is -2.34. The van der Waals surface area contributed by atoms with Crippen molar-refractivity contribution in [3.8, 4) is 0 Å². The summed E-state index contributed by atoms with van der Waals surface area (Å²) in [5, 5.41) is 3.43. The largest absolute Gasteiger partial charge is 0.383 e. The van der Waals surface area contributed by atoms with E-state index >= 15 is 0 Å².